The van der Waals surface area contributed by atoms with Crippen LogP contribution in [0.4, 0.5) is 0 Å². The maximum absolute atomic E-state index is 5.66. The van der Waals surface area contributed by atoms with E-state index in [0.717, 1.165) is 22.2 Å². The summed E-state index contributed by atoms with van der Waals surface area (Å²) in [7, 11) is 0. The Hall–Kier alpha value is -2.30. The lowest BCUT2D eigenvalue weighted by molar-refractivity contribution is 0.619. The highest BCUT2D eigenvalue weighted by Gasteiger charge is 2.14. The van der Waals surface area contributed by atoms with Crippen LogP contribution in [0.25, 0.3) is 10.9 Å². The van der Waals surface area contributed by atoms with Crippen molar-refractivity contribution in [2.75, 3.05) is 0 Å². The van der Waals surface area contributed by atoms with Crippen molar-refractivity contribution in [3.8, 4) is 0 Å². The average Bonchev–Trinajstić information content (AvgIpc) is 2.49. The number of aromatic nitrogens is 2. The first-order chi connectivity index (χ1) is 9.38. The number of hydrogen-bond acceptors (Lipinski definition) is 4. The second-order valence-corrected chi connectivity index (χ2v) is 4.32. The molecule has 1 atom stereocenters. The number of nitrogens with one attached hydrogen (secondary N) is 1. The number of benzene rings is 1. The number of hydrogen-bond donors (Lipinski definition) is 2. The van der Waals surface area contributed by atoms with Gasteiger partial charge in [0.05, 0.1) is 17.3 Å². The molecule has 0 saturated carbocycles. The Morgan fingerprint density at radius 1 is 1.00 bits per heavy atom. The van der Waals surface area contributed by atoms with Crippen LogP contribution >= 0.6 is 0 Å². The summed E-state index contributed by atoms with van der Waals surface area (Å²) in [6, 6.07) is 15.7. The van der Waals surface area contributed by atoms with Gasteiger partial charge >= 0.3 is 0 Å². The van der Waals surface area contributed by atoms with Gasteiger partial charge in [-0.1, -0.05) is 24.3 Å². The number of pyridine rings is 2. The Labute approximate surface area is 111 Å². The molecule has 0 amide bonds. The van der Waals surface area contributed by atoms with Crippen LogP contribution in [0.1, 0.15) is 17.3 Å². The molecule has 0 saturated heterocycles. The summed E-state index contributed by atoms with van der Waals surface area (Å²) >= 11 is 0. The molecule has 0 aliphatic carbocycles. The Kier molecular flexibility index (Phi) is 3.18. The van der Waals surface area contributed by atoms with Crippen molar-refractivity contribution >= 4 is 10.9 Å². The smallest absolute Gasteiger partial charge is 0.0896 e. The lowest BCUT2D eigenvalue weighted by atomic mass is 10.0. The predicted molar refractivity (Wildman–Crippen MR) is 75.1 cm³/mol. The highest BCUT2D eigenvalue weighted by atomic mass is 15.2. The second-order valence-electron chi connectivity index (χ2n) is 4.32. The van der Waals surface area contributed by atoms with E-state index in [-0.39, 0.29) is 6.04 Å². The molecular weight excluding hydrogens is 236 g/mol. The molecule has 1 unspecified atom stereocenters. The standard InChI is InChI=1S/C15H14N4/c16-19-15(14-7-3-4-8-17-14)12-9-11-5-1-2-6-13(11)18-10-12/h1-10,15,19H,16H2. The first-order valence-electron chi connectivity index (χ1n) is 6.10. The Bertz CT molecular complexity index is 682. The maximum Gasteiger partial charge on any atom is 0.0896 e. The van der Waals surface area contributed by atoms with Gasteiger partial charge in [0, 0.05) is 17.8 Å². The fourth-order valence-corrected chi connectivity index (χ4v) is 2.15. The van der Waals surface area contributed by atoms with Crippen LogP contribution in [0, 0.1) is 0 Å². The van der Waals surface area contributed by atoms with Gasteiger partial charge in [0.15, 0.2) is 0 Å². The summed E-state index contributed by atoms with van der Waals surface area (Å²) in [4.78, 5) is 8.79. The third kappa shape index (κ3) is 2.31. The Morgan fingerprint density at radius 3 is 2.63 bits per heavy atom. The van der Waals surface area contributed by atoms with Crippen LogP contribution in [-0.4, -0.2) is 9.97 Å². The number of para-hydroxylation sites is 1. The van der Waals surface area contributed by atoms with Gasteiger partial charge in [0.2, 0.25) is 0 Å². The fourth-order valence-electron chi connectivity index (χ4n) is 2.15. The minimum atomic E-state index is -0.154. The minimum absolute atomic E-state index is 0.154. The van der Waals surface area contributed by atoms with E-state index in [2.05, 4.69) is 21.5 Å². The number of nitrogens with two attached hydrogens (primary N) is 1. The normalized spacial score (nSPS) is 12.5. The molecule has 3 rings (SSSR count). The van der Waals surface area contributed by atoms with Gasteiger partial charge in [-0.05, 0) is 29.8 Å². The molecule has 0 aliphatic rings. The maximum atomic E-state index is 5.66. The minimum Gasteiger partial charge on any atom is -0.271 e. The molecule has 0 fully saturated rings. The monoisotopic (exact) mass is 250 g/mol. The second kappa shape index (κ2) is 5.14. The highest BCUT2D eigenvalue weighted by Crippen LogP contribution is 2.22. The molecule has 3 N–H and O–H groups in total. The van der Waals surface area contributed by atoms with E-state index in [1.807, 2.05) is 48.7 Å². The summed E-state index contributed by atoms with van der Waals surface area (Å²) < 4.78 is 0. The summed E-state index contributed by atoms with van der Waals surface area (Å²) in [6.45, 7) is 0. The van der Waals surface area contributed by atoms with Crippen LogP contribution < -0.4 is 11.3 Å². The topological polar surface area (TPSA) is 63.8 Å². The zero-order chi connectivity index (χ0) is 13.1. The third-order valence-electron chi connectivity index (χ3n) is 3.10. The van der Waals surface area contributed by atoms with Gasteiger partial charge < -0.3 is 0 Å². The van der Waals surface area contributed by atoms with Gasteiger partial charge in [-0.2, -0.15) is 0 Å². The average molecular weight is 250 g/mol. The van der Waals surface area contributed by atoms with Gasteiger partial charge in [0.25, 0.3) is 0 Å². The first-order valence-corrected chi connectivity index (χ1v) is 6.10. The van der Waals surface area contributed by atoms with Crippen molar-refractivity contribution in [3.05, 3.63) is 72.2 Å². The van der Waals surface area contributed by atoms with Gasteiger partial charge in [-0.15, -0.1) is 0 Å². The fraction of sp³-hybridized carbons (Fsp3) is 0.0667. The van der Waals surface area contributed by atoms with Crippen LogP contribution in [0.15, 0.2) is 60.9 Å². The lowest BCUT2D eigenvalue weighted by Gasteiger charge is -2.15. The molecule has 4 heteroatoms. The van der Waals surface area contributed by atoms with Gasteiger partial charge in [-0.3, -0.25) is 15.8 Å². The molecule has 0 bridgehead atoms. The number of nitrogens with zero attached hydrogens (tertiary/aromatic N) is 2. The number of rotatable bonds is 3. The van der Waals surface area contributed by atoms with Crippen LogP contribution in [0.5, 0.6) is 0 Å². The molecule has 2 heterocycles. The molecule has 0 spiro atoms. The number of fused-ring (bicyclic) bond motifs is 1. The van der Waals surface area contributed by atoms with E-state index in [1.165, 1.54) is 0 Å². The molecular formula is C15H14N4. The van der Waals surface area contributed by atoms with Crippen LogP contribution in [0.3, 0.4) is 0 Å². The SMILES string of the molecule is NNC(c1cnc2ccccc2c1)c1ccccn1. The quantitative estimate of drug-likeness (QED) is 0.552. The van der Waals surface area contributed by atoms with E-state index in [1.54, 1.807) is 6.20 Å². The zero-order valence-corrected chi connectivity index (χ0v) is 10.3. The lowest BCUT2D eigenvalue weighted by Crippen LogP contribution is -2.29. The van der Waals surface area contributed by atoms with E-state index < -0.39 is 0 Å². The van der Waals surface area contributed by atoms with Crippen LogP contribution in [-0.2, 0) is 0 Å². The van der Waals surface area contributed by atoms with Gasteiger partial charge in [0.1, 0.15) is 0 Å². The molecule has 1 aromatic carbocycles. The molecule has 0 aliphatic heterocycles. The first kappa shape index (κ1) is 11.8. The summed E-state index contributed by atoms with van der Waals surface area (Å²) in [5.41, 5.74) is 5.65. The number of hydrazine groups is 1. The van der Waals surface area contributed by atoms with E-state index in [9.17, 15) is 0 Å². The van der Waals surface area contributed by atoms with Crippen molar-refractivity contribution in [2.24, 2.45) is 5.84 Å². The Morgan fingerprint density at radius 2 is 1.84 bits per heavy atom. The largest absolute Gasteiger partial charge is 0.271 e. The van der Waals surface area contributed by atoms with Crippen molar-refractivity contribution in [1.82, 2.24) is 15.4 Å². The summed E-state index contributed by atoms with van der Waals surface area (Å²) in [5, 5.41) is 1.09. The van der Waals surface area contributed by atoms with E-state index >= 15 is 0 Å². The molecule has 19 heavy (non-hydrogen) atoms. The van der Waals surface area contributed by atoms with Crippen molar-refractivity contribution in [3.63, 3.8) is 0 Å². The third-order valence-corrected chi connectivity index (χ3v) is 3.10. The molecule has 4 nitrogen and oxygen atoms in total. The van der Waals surface area contributed by atoms with Gasteiger partial charge in [-0.25, -0.2) is 5.43 Å². The Balaban J connectivity index is 2.06. The van der Waals surface area contributed by atoms with E-state index in [4.69, 9.17) is 5.84 Å². The molecule has 2 aromatic heterocycles. The zero-order valence-electron chi connectivity index (χ0n) is 10.3. The van der Waals surface area contributed by atoms with Crippen LogP contribution in [0.2, 0.25) is 0 Å². The van der Waals surface area contributed by atoms with Crippen molar-refractivity contribution < 1.29 is 0 Å². The van der Waals surface area contributed by atoms with Crippen molar-refractivity contribution in [1.29, 1.82) is 0 Å². The summed E-state index contributed by atoms with van der Waals surface area (Å²) in [5.74, 6) is 5.66. The summed E-state index contributed by atoms with van der Waals surface area (Å²) in [6.07, 6.45) is 3.59. The molecule has 3 aromatic rings. The highest BCUT2D eigenvalue weighted by molar-refractivity contribution is 5.78. The molecule has 94 valence electrons. The molecule has 0 radical (unpaired) electrons. The predicted octanol–water partition coefficient (Wildman–Crippen LogP) is 2.18. The van der Waals surface area contributed by atoms with E-state index in [0.29, 0.717) is 0 Å². The van der Waals surface area contributed by atoms with Crippen molar-refractivity contribution in [2.45, 2.75) is 6.04 Å².